The van der Waals surface area contributed by atoms with Crippen LogP contribution < -0.4 is 5.32 Å². The van der Waals surface area contributed by atoms with Crippen LogP contribution in [0.3, 0.4) is 0 Å². The van der Waals surface area contributed by atoms with Crippen LogP contribution in [0.5, 0.6) is 0 Å². The standard InChI is InChI=1S/C14H25NO3/c1-14(2)9-6-7-11(14)13(18)15-10-5-3-4-8-12(16)17/h11H,3-10H2,1-2H3,(H,15,18)(H,16,17). The van der Waals surface area contributed by atoms with E-state index in [-0.39, 0.29) is 23.7 Å². The van der Waals surface area contributed by atoms with E-state index in [1.165, 1.54) is 0 Å². The van der Waals surface area contributed by atoms with E-state index in [0.717, 1.165) is 32.1 Å². The summed E-state index contributed by atoms with van der Waals surface area (Å²) in [7, 11) is 0. The fourth-order valence-electron chi connectivity index (χ4n) is 2.73. The molecule has 1 aliphatic rings. The summed E-state index contributed by atoms with van der Waals surface area (Å²) >= 11 is 0. The Morgan fingerprint density at radius 3 is 2.56 bits per heavy atom. The zero-order valence-corrected chi connectivity index (χ0v) is 11.5. The SMILES string of the molecule is CC1(C)CCCC1C(=O)NCCCCCC(=O)O. The summed E-state index contributed by atoms with van der Waals surface area (Å²) in [5.41, 5.74) is 0.132. The lowest BCUT2D eigenvalue weighted by atomic mass is 9.81. The molecular weight excluding hydrogens is 230 g/mol. The van der Waals surface area contributed by atoms with Crippen LogP contribution in [0, 0.1) is 11.3 Å². The molecule has 18 heavy (non-hydrogen) atoms. The molecule has 1 fully saturated rings. The van der Waals surface area contributed by atoms with Crippen LogP contribution >= 0.6 is 0 Å². The Bertz CT molecular complexity index is 299. The first kappa shape index (κ1) is 15.0. The third kappa shape index (κ3) is 4.67. The van der Waals surface area contributed by atoms with Crippen LogP contribution in [0.2, 0.25) is 0 Å². The summed E-state index contributed by atoms with van der Waals surface area (Å²) in [5.74, 6) is -0.418. The summed E-state index contributed by atoms with van der Waals surface area (Å²) in [6, 6.07) is 0. The molecule has 0 radical (unpaired) electrons. The molecule has 0 saturated heterocycles. The number of amides is 1. The molecule has 1 unspecified atom stereocenters. The molecule has 104 valence electrons. The fourth-order valence-corrected chi connectivity index (χ4v) is 2.73. The van der Waals surface area contributed by atoms with Crippen molar-refractivity contribution >= 4 is 11.9 Å². The van der Waals surface area contributed by atoms with Crippen molar-refractivity contribution in [1.29, 1.82) is 0 Å². The summed E-state index contributed by atoms with van der Waals surface area (Å²) in [6.07, 6.45) is 5.92. The first-order valence-corrected chi connectivity index (χ1v) is 6.93. The van der Waals surface area contributed by atoms with Gasteiger partial charge in [0.15, 0.2) is 0 Å². The van der Waals surface area contributed by atoms with E-state index < -0.39 is 5.97 Å². The van der Waals surface area contributed by atoms with E-state index in [1.807, 2.05) is 0 Å². The largest absolute Gasteiger partial charge is 0.481 e. The summed E-state index contributed by atoms with van der Waals surface area (Å²) in [6.45, 7) is 5.00. The monoisotopic (exact) mass is 255 g/mol. The second-order valence-electron chi connectivity index (χ2n) is 5.93. The molecule has 4 heteroatoms. The maximum Gasteiger partial charge on any atom is 0.303 e. The van der Waals surface area contributed by atoms with Gasteiger partial charge in [0.25, 0.3) is 0 Å². The number of rotatable bonds is 7. The Hall–Kier alpha value is -1.06. The third-order valence-corrected chi connectivity index (χ3v) is 3.94. The Morgan fingerprint density at radius 2 is 2.00 bits per heavy atom. The number of unbranched alkanes of at least 4 members (excludes halogenated alkanes) is 2. The summed E-state index contributed by atoms with van der Waals surface area (Å²) in [4.78, 5) is 22.3. The average molecular weight is 255 g/mol. The van der Waals surface area contributed by atoms with Crippen LogP contribution in [-0.2, 0) is 9.59 Å². The molecule has 4 nitrogen and oxygen atoms in total. The average Bonchev–Trinajstić information content (AvgIpc) is 2.62. The Kier molecular flexibility index (Phi) is 5.63. The van der Waals surface area contributed by atoms with Crippen molar-refractivity contribution in [2.45, 2.75) is 58.8 Å². The highest BCUT2D eigenvalue weighted by Gasteiger charge is 2.38. The predicted molar refractivity (Wildman–Crippen MR) is 70.2 cm³/mol. The van der Waals surface area contributed by atoms with E-state index in [2.05, 4.69) is 19.2 Å². The van der Waals surface area contributed by atoms with Gasteiger partial charge in [-0.05, 0) is 31.1 Å². The van der Waals surface area contributed by atoms with Crippen molar-refractivity contribution in [3.05, 3.63) is 0 Å². The van der Waals surface area contributed by atoms with Gasteiger partial charge in [-0.3, -0.25) is 9.59 Å². The predicted octanol–water partition coefficient (Wildman–Crippen LogP) is 2.57. The topological polar surface area (TPSA) is 66.4 Å². The van der Waals surface area contributed by atoms with Gasteiger partial charge >= 0.3 is 5.97 Å². The van der Waals surface area contributed by atoms with Crippen molar-refractivity contribution in [2.24, 2.45) is 11.3 Å². The van der Waals surface area contributed by atoms with E-state index in [0.29, 0.717) is 13.0 Å². The fraction of sp³-hybridized carbons (Fsp3) is 0.857. The molecule has 2 N–H and O–H groups in total. The number of carboxylic acids is 1. The minimum Gasteiger partial charge on any atom is -0.481 e. The molecule has 0 aromatic carbocycles. The minimum absolute atomic E-state index is 0.132. The molecule has 0 aromatic heterocycles. The van der Waals surface area contributed by atoms with Gasteiger partial charge in [-0.15, -0.1) is 0 Å². The minimum atomic E-state index is -0.744. The molecule has 0 heterocycles. The molecule has 1 aliphatic carbocycles. The number of carbonyl (C=O) groups is 2. The smallest absolute Gasteiger partial charge is 0.303 e. The second-order valence-corrected chi connectivity index (χ2v) is 5.93. The number of carbonyl (C=O) groups excluding carboxylic acids is 1. The number of carboxylic acid groups (broad SMARTS) is 1. The van der Waals surface area contributed by atoms with Gasteiger partial charge in [0.05, 0.1) is 0 Å². The molecule has 0 bridgehead atoms. The Morgan fingerprint density at radius 1 is 1.28 bits per heavy atom. The highest BCUT2D eigenvalue weighted by Crippen LogP contribution is 2.42. The highest BCUT2D eigenvalue weighted by atomic mass is 16.4. The van der Waals surface area contributed by atoms with Gasteiger partial charge in [-0.1, -0.05) is 26.7 Å². The lowest BCUT2D eigenvalue weighted by Crippen LogP contribution is -2.36. The van der Waals surface area contributed by atoms with Crippen LogP contribution in [0.1, 0.15) is 58.8 Å². The van der Waals surface area contributed by atoms with Gasteiger partial charge in [-0.25, -0.2) is 0 Å². The number of hydrogen-bond acceptors (Lipinski definition) is 2. The number of hydrogen-bond donors (Lipinski definition) is 2. The third-order valence-electron chi connectivity index (χ3n) is 3.94. The van der Waals surface area contributed by atoms with E-state index in [1.54, 1.807) is 0 Å². The van der Waals surface area contributed by atoms with Gasteiger partial charge < -0.3 is 10.4 Å². The zero-order chi connectivity index (χ0) is 13.6. The first-order chi connectivity index (χ1) is 8.43. The Labute approximate surface area is 109 Å². The number of aliphatic carboxylic acids is 1. The van der Waals surface area contributed by atoms with Crippen molar-refractivity contribution in [3.63, 3.8) is 0 Å². The van der Waals surface area contributed by atoms with E-state index >= 15 is 0 Å². The summed E-state index contributed by atoms with van der Waals surface area (Å²) in [5, 5.41) is 11.5. The summed E-state index contributed by atoms with van der Waals surface area (Å²) < 4.78 is 0. The van der Waals surface area contributed by atoms with Gasteiger partial charge in [0.1, 0.15) is 0 Å². The molecule has 1 saturated carbocycles. The normalized spacial score (nSPS) is 21.8. The van der Waals surface area contributed by atoms with Crippen molar-refractivity contribution in [3.8, 4) is 0 Å². The van der Waals surface area contributed by atoms with Crippen LogP contribution in [0.4, 0.5) is 0 Å². The molecule has 0 aliphatic heterocycles. The second kappa shape index (κ2) is 6.76. The lowest BCUT2D eigenvalue weighted by Gasteiger charge is -2.25. The molecule has 1 atom stereocenters. The molecule has 0 spiro atoms. The lowest BCUT2D eigenvalue weighted by molar-refractivity contribution is -0.137. The maximum atomic E-state index is 12.0. The molecule has 1 rings (SSSR count). The van der Waals surface area contributed by atoms with E-state index in [9.17, 15) is 9.59 Å². The van der Waals surface area contributed by atoms with Crippen molar-refractivity contribution in [2.75, 3.05) is 6.54 Å². The maximum absolute atomic E-state index is 12.0. The highest BCUT2D eigenvalue weighted by molar-refractivity contribution is 5.79. The Balaban J connectivity index is 2.12. The number of nitrogens with one attached hydrogen (secondary N) is 1. The van der Waals surface area contributed by atoms with Crippen LogP contribution in [-0.4, -0.2) is 23.5 Å². The van der Waals surface area contributed by atoms with Crippen molar-refractivity contribution < 1.29 is 14.7 Å². The van der Waals surface area contributed by atoms with Gasteiger partial charge in [-0.2, -0.15) is 0 Å². The van der Waals surface area contributed by atoms with Crippen LogP contribution in [0.25, 0.3) is 0 Å². The van der Waals surface area contributed by atoms with Gasteiger partial charge in [0, 0.05) is 18.9 Å². The molecule has 0 aromatic rings. The molecular formula is C14H25NO3. The van der Waals surface area contributed by atoms with Crippen LogP contribution in [0.15, 0.2) is 0 Å². The zero-order valence-electron chi connectivity index (χ0n) is 11.5. The van der Waals surface area contributed by atoms with Gasteiger partial charge in [0.2, 0.25) is 5.91 Å². The molecule has 1 amide bonds. The first-order valence-electron chi connectivity index (χ1n) is 6.93. The van der Waals surface area contributed by atoms with Crippen molar-refractivity contribution in [1.82, 2.24) is 5.32 Å². The quantitative estimate of drug-likeness (QED) is 0.687. The van der Waals surface area contributed by atoms with E-state index in [4.69, 9.17) is 5.11 Å².